The molecule has 0 amide bonds. The van der Waals surface area contributed by atoms with Crippen LogP contribution in [0.25, 0.3) is 10.9 Å². The van der Waals surface area contributed by atoms with E-state index in [0.29, 0.717) is 5.82 Å². The number of anilines is 2. The van der Waals surface area contributed by atoms with Gasteiger partial charge in [0.05, 0.1) is 5.52 Å². The van der Waals surface area contributed by atoms with E-state index in [1.807, 2.05) is 30.3 Å². The molecular formula is C14H13BrN4. The molecule has 3 aromatic rings. The second-order valence-electron chi connectivity index (χ2n) is 3.82. The summed E-state index contributed by atoms with van der Waals surface area (Å²) in [5, 5.41) is 0.992. The normalized spacial score (nSPS) is 9.74. The molecule has 2 aromatic heterocycles. The van der Waals surface area contributed by atoms with Crippen molar-refractivity contribution < 1.29 is 0 Å². The Kier molecular flexibility index (Phi) is 4.30. The summed E-state index contributed by atoms with van der Waals surface area (Å²) >= 11 is 3.38. The summed E-state index contributed by atoms with van der Waals surface area (Å²) in [5.74, 6) is 0.572. The van der Waals surface area contributed by atoms with Crippen molar-refractivity contribution in [2.24, 2.45) is 0 Å². The van der Waals surface area contributed by atoms with Gasteiger partial charge in [0.15, 0.2) is 0 Å². The molecule has 2 heterocycles. The third-order valence-electron chi connectivity index (χ3n) is 2.43. The van der Waals surface area contributed by atoms with E-state index >= 15 is 0 Å². The van der Waals surface area contributed by atoms with E-state index in [-0.39, 0.29) is 0 Å². The average Bonchev–Trinajstić information content (AvgIpc) is 2.41. The van der Waals surface area contributed by atoms with E-state index in [9.17, 15) is 0 Å². The van der Waals surface area contributed by atoms with Gasteiger partial charge in [0, 0.05) is 27.9 Å². The first-order valence-electron chi connectivity index (χ1n) is 5.63. The molecule has 96 valence electrons. The second-order valence-corrected chi connectivity index (χ2v) is 4.73. The number of rotatable bonds is 0. The van der Waals surface area contributed by atoms with Crippen molar-refractivity contribution >= 4 is 38.3 Å². The van der Waals surface area contributed by atoms with Gasteiger partial charge < -0.3 is 11.5 Å². The Morgan fingerprint density at radius 2 is 1.74 bits per heavy atom. The number of aromatic nitrogens is 2. The SMILES string of the molecule is Nc1ccccn1.Nc1ccnc2ccc(Br)cc12. The van der Waals surface area contributed by atoms with Gasteiger partial charge in [-0.3, -0.25) is 4.98 Å². The zero-order valence-electron chi connectivity index (χ0n) is 10.1. The van der Waals surface area contributed by atoms with Crippen molar-refractivity contribution in [3.05, 3.63) is 59.3 Å². The highest BCUT2D eigenvalue weighted by Crippen LogP contribution is 2.22. The van der Waals surface area contributed by atoms with Gasteiger partial charge in [-0.15, -0.1) is 0 Å². The highest BCUT2D eigenvalue weighted by molar-refractivity contribution is 9.10. The van der Waals surface area contributed by atoms with Crippen LogP contribution in [0.15, 0.2) is 59.3 Å². The number of nitrogen functional groups attached to an aromatic ring is 2. The van der Waals surface area contributed by atoms with E-state index in [2.05, 4.69) is 25.9 Å². The minimum atomic E-state index is 0.572. The number of nitrogens with zero attached hydrogens (tertiary/aromatic N) is 2. The molecule has 0 bridgehead atoms. The van der Waals surface area contributed by atoms with Gasteiger partial charge in [-0.2, -0.15) is 0 Å². The van der Waals surface area contributed by atoms with E-state index in [1.165, 1.54) is 0 Å². The fourth-order valence-electron chi connectivity index (χ4n) is 1.52. The van der Waals surface area contributed by atoms with Crippen LogP contribution in [0.1, 0.15) is 0 Å². The Labute approximate surface area is 119 Å². The first kappa shape index (κ1) is 13.3. The average molecular weight is 317 g/mol. The first-order chi connectivity index (χ1) is 9.16. The molecule has 0 saturated carbocycles. The molecule has 0 aliphatic carbocycles. The molecule has 0 atom stereocenters. The molecule has 5 heteroatoms. The molecule has 0 fully saturated rings. The lowest BCUT2D eigenvalue weighted by Crippen LogP contribution is -1.87. The quantitative estimate of drug-likeness (QED) is 0.667. The summed E-state index contributed by atoms with van der Waals surface area (Å²) in [6.45, 7) is 0. The zero-order valence-corrected chi connectivity index (χ0v) is 11.7. The monoisotopic (exact) mass is 316 g/mol. The standard InChI is InChI=1S/C9H7BrN2.C5H6N2/c10-6-1-2-9-7(5-6)8(11)3-4-12-9;6-5-3-1-2-4-7-5/h1-5H,(H2,11,12);1-4H,(H2,6,7). The Bertz CT molecular complexity index is 671. The van der Waals surface area contributed by atoms with Crippen molar-refractivity contribution in [2.45, 2.75) is 0 Å². The number of benzene rings is 1. The lowest BCUT2D eigenvalue weighted by molar-refractivity contribution is 1.34. The number of pyridine rings is 2. The van der Waals surface area contributed by atoms with E-state index in [4.69, 9.17) is 11.5 Å². The van der Waals surface area contributed by atoms with Crippen LogP contribution in [0, 0.1) is 0 Å². The first-order valence-corrected chi connectivity index (χ1v) is 6.42. The van der Waals surface area contributed by atoms with Gasteiger partial charge in [-0.25, -0.2) is 4.98 Å². The van der Waals surface area contributed by atoms with E-state index in [0.717, 1.165) is 21.1 Å². The number of nitrogens with two attached hydrogens (primary N) is 2. The van der Waals surface area contributed by atoms with Crippen molar-refractivity contribution in [3.63, 3.8) is 0 Å². The van der Waals surface area contributed by atoms with Crippen molar-refractivity contribution in [2.75, 3.05) is 11.5 Å². The van der Waals surface area contributed by atoms with Crippen LogP contribution >= 0.6 is 15.9 Å². The summed E-state index contributed by atoms with van der Waals surface area (Å²) in [5.41, 5.74) is 12.7. The molecular weight excluding hydrogens is 304 g/mol. The van der Waals surface area contributed by atoms with Gasteiger partial charge in [0.25, 0.3) is 0 Å². The minimum absolute atomic E-state index is 0.572. The molecule has 4 nitrogen and oxygen atoms in total. The molecule has 4 N–H and O–H groups in total. The molecule has 0 aliphatic rings. The fraction of sp³-hybridized carbons (Fsp3) is 0. The Morgan fingerprint density at radius 3 is 2.37 bits per heavy atom. The van der Waals surface area contributed by atoms with Gasteiger partial charge in [0.1, 0.15) is 5.82 Å². The van der Waals surface area contributed by atoms with Gasteiger partial charge in [0.2, 0.25) is 0 Å². The largest absolute Gasteiger partial charge is 0.398 e. The van der Waals surface area contributed by atoms with E-state index in [1.54, 1.807) is 24.5 Å². The second kappa shape index (κ2) is 6.15. The molecule has 0 aliphatic heterocycles. The van der Waals surface area contributed by atoms with Crippen LogP contribution in [0.2, 0.25) is 0 Å². The van der Waals surface area contributed by atoms with Crippen LogP contribution < -0.4 is 11.5 Å². The Balaban J connectivity index is 0.000000163. The zero-order chi connectivity index (χ0) is 13.7. The molecule has 1 aromatic carbocycles. The number of hydrogen-bond donors (Lipinski definition) is 2. The lowest BCUT2D eigenvalue weighted by Gasteiger charge is -2.00. The summed E-state index contributed by atoms with van der Waals surface area (Å²) in [6, 6.07) is 13.1. The maximum Gasteiger partial charge on any atom is 0.123 e. The third kappa shape index (κ3) is 3.66. The summed E-state index contributed by atoms with van der Waals surface area (Å²) in [4.78, 5) is 7.94. The Morgan fingerprint density at radius 1 is 0.895 bits per heavy atom. The molecule has 3 rings (SSSR count). The van der Waals surface area contributed by atoms with Crippen molar-refractivity contribution in [1.29, 1.82) is 0 Å². The predicted molar refractivity (Wildman–Crippen MR) is 82.5 cm³/mol. The van der Waals surface area contributed by atoms with Crippen LogP contribution in [-0.2, 0) is 0 Å². The third-order valence-corrected chi connectivity index (χ3v) is 2.92. The number of halogens is 1. The number of hydrogen-bond acceptors (Lipinski definition) is 4. The van der Waals surface area contributed by atoms with Crippen LogP contribution in [-0.4, -0.2) is 9.97 Å². The molecule has 0 saturated heterocycles. The molecule has 19 heavy (non-hydrogen) atoms. The Hall–Kier alpha value is -2.14. The predicted octanol–water partition coefficient (Wildman–Crippen LogP) is 3.24. The maximum atomic E-state index is 5.76. The smallest absolute Gasteiger partial charge is 0.123 e. The van der Waals surface area contributed by atoms with Crippen LogP contribution in [0.4, 0.5) is 11.5 Å². The molecule has 0 radical (unpaired) electrons. The highest BCUT2D eigenvalue weighted by atomic mass is 79.9. The van der Waals surface area contributed by atoms with Crippen LogP contribution in [0.3, 0.4) is 0 Å². The molecule has 0 unspecified atom stereocenters. The lowest BCUT2D eigenvalue weighted by atomic mass is 10.2. The van der Waals surface area contributed by atoms with Crippen molar-refractivity contribution in [3.8, 4) is 0 Å². The number of fused-ring (bicyclic) bond motifs is 1. The topological polar surface area (TPSA) is 77.8 Å². The van der Waals surface area contributed by atoms with Crippen LogP contribution in [0.5, 0.6) is 0 Å². The van der Waals surface area contributed by atoms with Gasteiger partial charge in [-0.1, -0.05) is 22.0 Å². The summed E-state index contributed by atoms with van der Waals surface area (Å²) in [7, 11) is 0. The minimum Gasteiger partial charge on any atom is -0.398 e. The van der Waals surface area contributed by atoms with Gasteiger partial charge >= 0.3 is 0 Å². The van der Waals surface area contributed by atoms with Gasteiger partial charge in [-0.05, 0) is 36.4 Å². The highest BCUT2D eigenvalue weighted by Gasteiger charge is 1.97. The molecule has 0 spiro atoms. The summed E-state index contributed by atoms with van der Waals surface area (Å²) in [6.07, 6.45) is 3.38. The fourth-order valence-corrected chi connectivity index (χ4v) is 1.88. The maximum absolute atomic E-state index is 5.76. The summed E-state index contributed by atoms with van der Waals surface area (Å²) < 4.78 is 1.02. The van der Waals surface area contributed by atoms with E-state index < -0.39 is 0 Å². The van der Waals surface area contributed by atoms with Crippen molar-refractivity contribution in [1.82, 2.24) is 9.97 Å².